The van der Waals surface area contributed by atoms with Crippen LogP contribution in [0.1, 0.15) is 42.7 Å². The summed E-state index contributed by atoms with van der Waals surface area (Å²) in [6.45, 7) is 2.03. The van der Waals surface area contributed by atoms with Crippen molar-refractivity contribution in [3.05, 3.63) is 52.8 Å². The number of Topliss-reactive ketones (excluding diaryl/α,β-unsaturated/α-hetero) is 1. The number of carbonyl (C=O) groups excluding carboxylic acids is 1. The van der Waals surface area contributed by atoms with Crippen LogP contribution in [0.5, 0.6) is 5.75 Å². The van der Waals surface area contributed by atoms with Gasteiger partial charge in [0.2, 0.25) is 0 Å². The average molecular weight is 369 g/mol. The fraction of sp³-hybridized carbons (Fsp3) is 0.333. The minimum absolute atomic E-state index is 0.386. The van der Waals surface area contributed by atoms with Gasteiger partial charge in [0.25, 0.3) is 0 Å². The van der Waals surface area contributed by atoms with Crippen LogP contribution in [0.15, 0.2) is 36.7 Å². The molecule has 1 aromatic carbocycles. The van der Waals surface area contributed by atoms with Crippen LogP contribution >= 0.6 is 11.6 Å². The Morgan fingerprint density at radius 3 is 2.73 bits per heavy atom. The SMILES string of the molecule is COc1cc(C)c(-c2cn3ccc(C4CCC(=O)CC4)cc3n2)cc1Cl. The van der Waals surface area contributed by atoms with Crippen molar-refractivity contribution in [3.63, 3.8) is 0 Å². The standard InChI is InChI=1S/C21H21ClN2O2/c1-13-9-20(26-2)18(22)11-17(13)19-12-24-8-7-15(10-21(24)23-19)14-3-5-16(25)6-4-14/h7-12,14H,3-6H2,1-2H3. The summed E-state index contributed by atoms with van der Waals surface area (Å²) in [5, 5.41) is 0.581. The number of halogens is 1. The van der Waals surface area contributed by atoms with Crippen molar-refractivity contribution in [2.45, 2.75) is 38.5 Å². The lowest BCUT2D eigenvalue weighted by atomic mass is 9.84. The third kappa shape index (κ3) is 3.10. The monoisotopic (exact) mass is 368 g/mol. The number of hydrogen-bond donors (Lipinski definition) is 0. The van der Waals surface area contributed by atoms with Gasteiger partial charge in [-0.05, 0) is 61.1 Å². The second-order valence-electron chi connectivity index (χ2n) is 6.97. The van der Waals surface area contributed by atoms with Gasteiger partial charge in [-0.2, -0.15) is 0 Å². The van der Waals surface area contributed by atoms with Gasteiger partial charge in [0.1, 0.15) is 17.2 Å². The summed E-state index contributed by atoms with van der Waals surface area (Å²) in [5.74, 6) is 1.51. The van der Waals surface area contributed by atoms with Gasteiger partial charge in [-0.3, -0.25) is 4.79 Å². The summed E-state index contributed by atoms with van der Waals surface area (Å²) in [6.07, 6.45) is 7.34. The zero-order valence-electron chi connectivity index (χ0n) is 15.0. The van der Waals surface area contributed by atoms with Crippen molar-refractivity contribution in [3.8, 4) is 17.0 Å². The Kier molecular flexibility index (Phi) is 4.45. The second-order valence-corrected chi connectivity index (χ2v) is 7.37. The van der Waals surface area contributed by atoms with E-state index in [1.807, 2.05) is 29.7 Å². The molecule has 0 bridgehead atoms. The molecule has 2 heterocycles. The van der Waals surface area contributed by atoms with Crippen molar-refractivity contribution >= 4 is 23.0 Å². The summed E-state index contributed by atoms with van der Waals surface area (Å²) in [6, 6.07) is 8.13. The predicted octanol–water partition coefficient (Wildman–Crippen LogP) is 5.20. The van der Waals surface area contributed by atoms with E-state index in [0.29, 0.717) is 35.3 Å². The lowest BCUT2D eigenvalue weighted by molar-refractivity contribution is -0.120. The number of imidazole rings is 1. The van der Waals surface area contributed by atoms with Crippen molar-refractivity contribution in [2.24, 2.45) is 0 Å². The summed E-state index contributed by atoms with van der Waals surface area (Å²) in [4.78, 5) is 16.3. The van der Waals surface area contributed by atoms with Crippen LogP contribution in [0.25, 0.3) is 16.9 Å². The Bertz CT molecular complexity index is 983. The molecule has 1 aliphatic rings. The molecule has 0 amide bonds. The van der Waals surface area contributed by atoms with Crippen LogP contribution in [0.4, 0.5) is 0 Å². The number of pyridine rings is 1. The molecule has 1 fully saturated rings. The third-order valence-electron chi connectivity index (χ3n) is 5.27. The van der Waals surface area contributed by atoms with E-state index in [4.69, 9.17) is 21.3 Å². The number of ether oxygens (including phenoxy) is 1. The highest BCUT2D eigenvalue weighted by Crippen LogP contribution is 2.34. The molecule has 26 heavy (non-hydrogen) atoms. The van der Waals surface area contributed by atoms with Crippen molar-refractivity contribution in [2.75, 3.05) is 7.11 Å². The molecule has 4 rings (SSSR count). The van der Waals surface area contributed by atoms with Gasteiger partial charge in [0.15, 0.2) is 0 Å². The molecule has 5 heteroatoms. The highest BCUT2D eigenvalue weighted by molar-refractivity contribution is 6.32. The van der Waals surface area contributed by atoms with Crippen molar-refractivity contribution in [1.29, 1.82) is 0 Å². The van der Waals surface area contributed by atoms with E-state index in [1.165, 1.54) is 5.56 Å². The van der Waals surface area contributed by atoms with Crippen molar-refractivity contribution in [1.82, 2.24) is 9.38 Å². The van der Waals surface area contributed by atoms with Gasteiger partial charge in [-0.1, -0.05) is 11.6 Å². The molecule has 2 aromatic heterocycles. The number of nitrogens with zero attached hydrogens (tertiary/aromatic N) is 2. The quantitative estimate of drug-likeness (QED) is 0.638. The molecular formula is C21H21ClN2O2. The van der Waals surface area contributed by atoms with E-state index >= 15 is 0 Å². The van der Waals surface area contributed by atoms with Gasteiger partial charge in [0, 0.05) is 30.8 Å². The van der Waals surface area contributed by atoms with Crippen LogP contribution in [-0.4, -0.2) is 22.3 Å². The molecule has 0 aliphatic heterocycles. The average Bonchev–Trinajstić information content (AvgIpc) is 3.06. The fourth-order valence-electron chi connectivity index (χ4n) is 3.74. The molecule has 0 radical (unpaired) electrons. The number of carbonyl (C=O) groups is 1. The predicted molar refractivity (Wildman–Crippen MR) is 103 cm³/mol. The topological polar surface area (TPSA) is 43.6 Å². The van der Waals surface area contributed by atoms with E-state index in [-0.39, 0.29) is 0 Å². The Hall–Kier alpha value is -2.33. The number of rotatable bonds is 3. The lowest BCUT2D eigenvalue weighted by Crippen LogP contribution is -2.12. The van der Waals surface area contributed by atoms with E-state index in [2.05, 4.69) is 18.3 Å². The number of methoxy groups -OCH3 is 1. The zero-order valence-corrected chi connectivity index (χ0v) is 15.7. The van der Waals surface area contributed by atoms with E-state index < -0.39 is 0 Å². The van der Waals surface area contributed by atoms with Gasteiger partial charge < -0.3 is 9.14 Å². The van der Waals surface area contributed by atoms with Crippen molar-refractivity contribution < 1.29 is 9.53 Å². The van der Waals surface area contributed by atoms with Crippen LogP contribution in [0.2, 0.25) is 5.02 Å². The number of ketones is 1. The van der Waals surface area contributed by atoms with Crippen LogP contribution < -0.4 is 4.74 Å². The van der Waals surface area contributed by atoms with E-state index in [1.54, 1.807) is 7.11 Å². The first-order chi connectivity index (χ1) is 12.5. The van der Waals surface area contributed by atoms with Gasteiger partial charge in [0.05, 0.1) is 17.8 Å². The molecule has 1 aliphatic carbocycles. The number of hydrogen-bond acceptors (Lipinski definition) is 3. The molecular weight excluding hydrogens is 348 g/mol. The third-order valence-corrected chi connectivity index (χ3v) is 5.57. The first-order valence-electron chi connectivity index (χ1n) is 8.90. The van der Waals surface area contributed by atoms with E-state index in [9.17, 15) is 4.79 Å². The highest BCUT2D eigenvalue weighted by atomic mass is 35.5. The number of benzene rings is 1. The van der Waals surface area contributed by atoms with E-state index in [0.717, 1.165) is 35.3 Å². The molecule has 0 atom stereocenters. The Morgan fingerprint density at radius 1 is 1.23 bits per heavy atom. The Morgan fingerprint density at radius 2 is 2.00 bits per heavy atom. The molecule has 0 N–H and O–H groups in total. The Labute approximate surface area is 157 Å². The molecule has 0 saturated heterocycles. The smallest absolute Gasteiger partial charge is 0.137 e. The second kappa shape index (κ2) is 6.76. The molecule has 4 nitrogen and oxygen atoms in total. The molecule has 134 valence electrons. The maximum absolute atomic E-state index is 11.5. The maximum Gasteiger partial charge on any atom is 0.137 e. The lowest BCUT2D eigenvalue weighted by Gasteiger charge is -2.21. The normalized spacial score (nSPS) is 15.6. The maximum atomic E-state index is 11.5. The summed E-state index contributed by atoms with van der Waals surface area (Å²) >= 11 is 6.30. The summed E-state index contributed by atoms with van der Waals surface area (Å²) < 4.78 is 7.32. The fourth-order valence-corrected chi connectivity index (χ4v) is 3.98. The molecule has 0 unspecified atom stereocenters. The van der Waals surface area contributed by atoms with Gasteiger partial charge >= 0.3 is 0 Å². The summed E-state index contributed by atoms with van der Waals surface area (Å²) in [7, 11) is 1.62. The minimum atomic E-state index is 0.386. The molecule has 1 saturated carbocycles. The highest BCUT2D eigenvalue weighted by Gasteiger charge is 2.21. The van der Waals surface area contributed by atoms with Crippen LogP contribution in [0, 0.1) is 6.92 Å². The van der Waals surface area contributed by atoms with Gasteiger partial charge in [-0.15, -0.1) is 0 Å². The Balaban J connectivity index is 1.70. The number of fused-ring (bicyclic) bond motifs is 1. The number of aromatic nitrogens is 2. The molecule has 0 spiro atoms. The minimum Gasteiger partial charge on any atom is -0.495 e. The summed E-state index contributed by atoms with van der Waals surface area (Å²) in [5.41, 5.74) is 5.15. The molecule has 3 aromatic rings. The first kappa shape index (κ1) is 17.1. The number of aryl methyl sites for hydroxylation is 1. The zero-order chi connectivity index (χ0) is 18.3. The van der Waals surface area contributed by atoms with Crippen LogP contribution in [0.3, 0.4) is 0 Å². The van der Waals surface area contributed by atoms with Crippen LogP contribution in [-0.2, 0) is 4.79 Å². The first-order valence-corrected chi connectivity index (χ1v) is 9.28. The van der Waals surface area contributed by atoms with Gasteiger partial charge in [-0.25, -0.2) is 4.98 Å². The largest absolute Gasteiger partial charge is 0.495 e.